The van der Waals surface area contributed by atoms with E-state index in [0.29, 0.717) is 11.8 Å². The van der Waals surface area contributed by atoms with E-state index >= 15 is 0 Å². The Bertz CT molecular complexity index is 355. The highest BCUT2D eigenvalue weighted by atomic mass is 32.2. The Morgan fingerprint density at radius 3 is 3.00 bits per heavy atom. The SMILES string of the molecule is CCNC(c1nccnc1OC)C1CCSC1. The van der Waals surface area contributed by atoms with E-state index in [9.17, 15) is 0 Å². The summed E-state index contributed by atoms with van der Waals surface area (Å²) in [4.78, 5) is 8.69. The molecular formula is C12H19N3OS. The minimum Gasteiger partial charge on any atom is -0.480 e. The molecule has 0 aliphatic carbocycles. The number of hydrogen-bond donors (Lipinski definition) is 1. The van der Waals surface area contributed by atoms with Crippen molar-refractivity contribution in [2.75, 3.05) is 25.2 Å². The molecule has 1 aliphatic rings. The van der Waals surface area contributed by atoms with Gasteiger partial charge >= 0.3 is 0 Å². The van der Waals surface area contributed by atoms with Gasteiger partial charge in [-0.1, -0.05) is 6.92 Å². The summed E-state index contributed by atoms with van der Waals surface area (Å²) in [5.74, 6) is 3.72. The topological polar surface area (TPSA) is 47.0 Å². The Labute approximate surface area is 107 Å². The molecule has 4 nitrogen and oxygen atoms in total. The van der Waals surface area contributed by atoms with Gasteiger partial charge in [0.1, 0.15) is 5.69 Å². The zero-order valence-electron chi connectivity index (χ0n) is 10.3. The number of methoxy groups -OCH3 is 1. The van der Waals surface area contributed by atoms with Crippen molar-refractivity contribution < 1.29 is 4.74 Å². The Morgan fingerprint density at radius 2 is 2.35 bits per heavy atom. The maximum atomic E-state index is 5.31. The van der Waals surface area contributed by atoms with Crippen molar-refractivity contribution in [2.45, 2.75) is 19.4 Å². The van der Waals surface area contributed by atoms with Crippen LogP contribution < -0.4 is 10.1 Å². The first-order valence-electron chi connectivity index (χ1n) is 6.02. The maximum absolute atomic E-state index is 5.31. The summed E-state index contributed by atoms with van der Waals surface area (Å²) in [6.07, 6.45) is 4.65. The number of ether oxygens (including phenoxy) is 1. The van der Waals surface area contributed by atoms with Gasteiger partial charge < -0.3 is 10.1 Å². The van der Waals surface area contributed by atoms with Gasteiger partial charge in [-0.15, -0.1) is 0 Å². The van der Waals surface area contributed by atoms with E-state index in [2.05, 4.69) is 22.2 Å². The van der Waals surface area contributed by atoms with E-state index in [4.69, 9.17) is 4.74 Å². The van der Waals surface area contributed by atoms with Crippen molar-refractivity contribution in [3.63, 3.8) is 0 Å². The lowest BCUT2D eigenvalue weighted by molar-refractivity contribution is 0.346. The lowest BCUT2D eigenvalue weighted by atomic mass is 9.96. The summed E-state index contributed by atoms with van der Waals surface area (Å²) in [5.41, 5.74) is 0.948. The number of aromatic nitrogens is 2. The third-order valence-electron chi connectivity index (χ3n) is 3.04. The fourth-order valence-electron chi connectivity index (χ4n) is 2.23. The fourth-order valence-corrected chi connectivity index (χ4v) is 3.53. The minimum absolute atomic E-state index is 0.263. The van der Waals surface area contributed by atoms with Crippen LogP contribution in [0.25, 0.3) is 0 Å². The van der Waals surface area contributed by atoms with Crippen molar-refractivity contribution in [3.8, 4) is 5.88 Å². The largest absolute Gasteiger partial charge is 0.480 e. The molecule has 2 unspecified atom stereocenters. The predicted molar refractivity (Wildman–Crippen MR) is 70.4 cm³/mol. The van der Waals surface area contributed by atoms with E-state index < -0.39 is 0 Å². The van der Waals surface area contributed by atoms with Crippen molar-refractivity contribution in [3.05, 3.63) is 18.1 Å². The maximum Gasteiger partial charge on any atom is 0.237 e. The van der Waals surface area contributed by atoms with Crippen molar-refractivity contribution in [2.24, 2.45) is 5.92 Å². The second kappa shape index (κ2) is 6.21. The van der Waals surface area contributed by atoms with Crippen LogP contribution in [0.2, 0.25) is 0 Å². The van der Waals surface area contributed by atoms with Gasteiger partial charge in [0.25, 0.3) is 0 Å². The lowest BCUT2D eigenvalue weighted by Crippen LogP contribution is -2.29. The first kappa shape index (κ1) is 12.6. The Balaban J connectivity index is 2.24. The molecular weight excluding hydrogens is 234 g/mol. The van der Waals surface area contributed by atoms with E-state index in [1.54, 1.807) is 19.5 Å². The molecule has 1 aliphatic heterocycles. The Morgan fingerprint density at radius 1 is 1.53 bits per heavy atom. The van der Waals surface area contributed by atoms with Gasteiger partial charge in [0.05, 0.1) is 13.2 Å². The lowest BCUT2D eigenvalue weighted by Gasteiger charge is -2.24. The van der Waals surface area contributed by atoms with Crippen LogP contribution in [0.15, 0.2) is 12.4 Å². The van der Waals surface area contributed by atoms with Gasteiger partial charge in [0.2, 0.25) is 5.88 Å². The van der Waals surface area contributed by atoms with Crippen LogP contribution in [0.4, 0.5) is 0 Å². The monoisotopic (exact) mass is 253 g/mol. The molecule has 0 bridgehead atoms. The molecule has 0 radical (unpaired) electrons. The zero-order valence-corrected chi connectivity index (χ0v) is 11.2. The predicted octanol–water partition coefficient (Wildman–Crippen LogP) is 1.89. The van der Waals surface area contributed by atoms with Crippen LogP contribution in [0.5, 0.6) is 5.88 Å². The number of nitrogens with zero attached hydrogens (tertiary/aromatic N) is 2. The van der Waals surface area contributed by atoms with Crippen LogP contribution in [0.3, 0.4) is 0 Å². The van der Waals surface area contributed by atoms with Crippen LogP contribution in [0.1, 0.15) is 25.1 Å². The Hall–Kier alpha value is -0.810. The van der Waals surface area contributed by atoms with E-state index in [1.807, 2.05) is 11.8 Å². The van der Waals surface area contributed by atoms with Crippen molar-refractivity contribution in [1.82, 2.24) is 15.3 Å². The van der Waals surface area contributed by atoms with Crippen LogP contribution in [-0.4, -0.2) is 35.1 Å². The average molecular weight is 253 g/mol. The molecule has 17 heavy (non-hydrogen) atoms. The van der Waals surface area contributed by atoms with E-state index in [-0.39, 0.29) is 6.04 Å². The molecule has 1 N–H and O–H groups in total. The highest BCUT2D eigenvalue weighted by Gasteiger charge is 2.29. The van der Waals surface area contributed by atoms with Gasteiger partial charge in [-0.2, -0.15) is 11.8 Å². The van der Waals surface area contributed by atoms with E-state index in [1.165, 1.54) is 17.9 Å². The van der Waals surface area contributed by atoms with Gasteiger partial charge in [0.15, 0.2) is 0 Å². The van der Waals surface area contributed by atoms with Crippen LogP contribution in [0, 0.1) is 5.92 Å². The molecule has 2 heterocycles. The summed E-state index contributed by atoms with van der Waals surface area (Å²) in [5, 5.41) is 3.52. The van der Waals surface area contributed by atoms with Crippen molar-refractivity contribution in [1.29, 1.82) is 0 Å². The smallest absolute Gasteiger partial charge is 0.237 e. The number of thioether (sulfide) groups is 1. The zero-order chi connectivity index (χ0) is 12.1. The van der Waals surface area contributed by atoms with Gasteiger partial charge in [-0.05, 0) is 30.4 Å². The molecule has 0 aromatic carbocycles. The standard InChI is InChI=1S/C12H19N3OS/c1-3-13-10(9-4-7-17-8-9)11-12(16-2)15-6-5-14-11/h5-6,9-10,13H,3-4,7-8H2,1-2H3. The second-order valence-corrected chi connectivity index (χ2v) is 5.26. The summed E-state index contributed by atoms with van der Waals surface area (Å²) in [6.45, 7) is 3.06. The highest BCUT2D eigenvalue weighted by molar-refractivity contribution is 7.99. The fraction of sp³-hybridized carbons (Fsp3) is 0.667. The van der Waals surface area contributed by atoms with Crippen LogP contribution in [-0.2, 0) is 0 Å². The van der Waals surface area contributed by atoms with Gasteiger partial charge in [-0.25, -0.2) is 4.98 Å². The first-order valence-corrected chi connectivity index (χ1v) is 7.18. The molecule has 0 amide bonds. The minimum atomic E-state index is 0.263. The van der Waals surface area contributed by atoms with Gasteiger partial charge in [-0.3, -0.25) is 4.98 Å². The summed E-state index contributed by atoms with van der Waals surface area (Å²) >= 11 is 2.02. The molecule has 1 aromatic heterocycles. The van der Waals surface area contributed by atoms with Gasteiger partial charge in [0, 0.05) is 12.4 Å². The molecule has 1 saturated heterocycles. The Kier molecular flexibility index (Phi) is 4.62. The second-order valence-electron chi connectivity index (χ2n) is 4.11. The third-order valence-corrected chi connectivity index (χ3v) is 4.23. The van der Waals surface area contributed by atoms with Crippen LogP contribution >= 0.6 is 11.8 Å². The molecule has 0 saturated carbocycles. The number of rotatable bonds is 5. The number of hydrogen-bond acceptors (Lipinski definition) is 5. The highest BCUT2D eigenvalue weighted by Crippen LogP contribution is 2.35. The molecule has 1 fully saturated rings. The average Bonchev–Trinajstić information content (AvgIpc) is 2.89. The summed E-state index contributed by atoms with van der Waals surface area (Å²) in [6, 6.07) is 0.263. The molecule has 1 aromatic rings. The number of nitrogens with one attached hydrogen (secondary N) is 1. The van der Waals surface area contributed by atoms with E-state index in [0.717, 1.165) is 12.2 Å². The van der Waals surface area contributed by atoms with Crippen molar-refractivity contribution >= 4 is 11.8 Å². The quantitative estimate of drug-likeness (QED) is 0.868. The normalized spacial score (nSPS) is 21.4. The third kappa shape index (κ3) is 2.90. The summed E-state index contributed by atoms with van der Waals surface area (Å²) in [7, 11) is 1.65. The molecule has 94 valence electrons. The molecule has 2 rings (SSSR count). The molecule has 0 spiro atoms. The molecule has 2 atom stereocenters. The summed E-state index contributed by atoms with van der Waals surface area (Å²) < 4.78 is 5.31. The first-order chi connectivity index (χ1) is 8.36. The molecule has 5 heteroatoms.